The lowest BCUT2D eigenvalue weighted by Crippen LogP contribution is -2.39. The Bertz CT molecular complexity index is 1060. The van der Waals surface area contributed by atoms with Gasteiger partial charge in [-0.15, -0.1) is 0 Å². The highest BCUT2D eigenvalue weighted by Crippen LogP contribution is 2.19. The van der Waals surface area contributed by atoms with E-state index in [0.29, 0.717) is 5.76 Å². The number of H-pyrrole nitrogens is 1. The maximum absolute atomic E-state index is 12.5. The van der Waals surface area contributed by atoms with Crippen LogP contribution in [0, 0.1) is 0 Å². The number of carbonyl (C=O) groups excluding carboxylic acids is 1. The van der Waals surface area contributed by atoms with Crippen molar-refractivity contribution in [2.24, 2.45) is 0 Å². The van der Waals surface area contributed by atoms with Crippen molar-refractivity contribution < 1.29 is 22.7 Å². The van der Waals surface area contributed by atoms with Crippen molar-refractivity contribution >= 4 is 11.6 Å². The number of alkyl halides is 2. The van der Waals surface area contributed by atoms with Gasteiger partial charge < -0.3 is 19.5 Å². The first-order valence-corrected chi connectivity index (χ1v) is 7.65. The van der Waals surface area contributed by atoms with E-state index >= 15 is 0 Å². The molecule has 1 aromatic carbocycles. The monoisotopic (exact) mass is 377 g/mol. The summed E-state index contributed by atoms with van der Waals surface area (Å²) >= 11 is 0. The molecule has 3 aromatic rings. The predicted octanol–water partition coefficient (Wildman–Crippen LogP) is 2.03. The van der Waals surface area contributed by atoms with E-state index in [4.69, 9.17) is 4.42 Å². The molecule has 0 atom stereocenters. The summed E-state index contributed by atoms with van der Waals surface area (Å²) in [6.07, 6.45) is 2.37. The first kappa shape index (κ1) is 18.1. The summed E-state index contributed by atoms with van der Waals surface area (Å²) in [6, 6.07) is 8.47. The first-order chi connectivity index (χ1) is 12.9. The molecule has 0 aliphatic rings. The molecule has 0 bridgehead atoms. The van der Waals surface area contributed by atoms with E-state index in [2.05, 4.69) is 15.0 Å². The Kier molecular flexibility index (Phi) is 5.15. The molecule has 0 saturated heterocycles. The van der Waals surface area contributed by atoms with E-state index in [0.717, 1.165) is 10.8 Å². The summed E-state index contributed by atoms with van der Waals surface area (Å²) in [4.78, 5) is 39.1. The van der Waals surface area contributed by atoms with Crippen LogP contribution in [0.15, 0.2) is 62.9 Å². The van der Waals surface area contributed by atoms with E-state index in [9.17, 15) is 23.2 Å². The van der Waals surface area contributed by atoms with E-state index < -0.39 is 23.8 Å². The molecule has 0 spiro atoms. The van der Waals surface area contributed by atoms with Crippen molar-refractivity contribution in [2.45, 2.75) is 13.2 Å². The molecule has 0 aliphatic carbocycles. The van der Waals surface area contributed by atoms with Gasteiger partial charge in [0.2, 0.25) is 0 Å². The number of hydrogen-bond acceptors (Lipinski definition) is 5. The van der Waals surface area contributed by atoms with Crippen molar-refractivity contribution in [3.05, 3.63) is 81.0 Å². The van der Waals surface area contributed by atoms with Crippen LogP contribution in [0.3, 0.4) is 0 Å². The smallest absolute Gasteiger partial charge is 0.387 e. The van der Waals surface area contributed by atoms with Crippen molar-refractivity contribution in [3.8, 4) is 5.75 Å². The Labute approximate surface area is 150 Å². The Morgan fingerprint density at radius 2 is 2.07 bits per heavy atom. The first-order valence-electron chi connectivity index (χ1n) is 7.65. The van der Waals surface area contributed by atoms with Crippen LogP contribution in [0.1, 0.15) is 16.1 Å². The number of halogens is 2. The van der Waals surface area contributed by atoms with Gasteiger partial charge in [0.15, 0.2) is 0 Å². The molecular formula is C17H13F2N3O5. The fraction of sp³-hybridized carbons (Fsp3) is 0.118. The fourth-order valence-corrected chi connectivity index (χ4v) is 2.32. The maximum atomic E-state index is 12.5. The number of hydrogen-bond donors (Lipinski definition) is 2. The largest absolute Gasteiger partial charge is 0.467 e. The lowest BCUT2D eigenvalue weighted by atomic mass is 10.2. The molecule has 0 saturated carbocycles. The SMILES string of the molecule is O=C(Nc1cccc(OC(F)F)c1)c1c[nH]c(=O)n(Cc2ccco2)c1=O. The number of rotatable bonds is 6. The normalized spacial score (nSPS) is 10.8. The second-order valence-electron chi connectivity index (χ2n) is 5.34. The van der Waals surface area contributed by atoms with Gasteiger partial charge >= 0.3 is 12.3 Å². The number of anilines is 1. The van der Waals surface area contributed by atoms with Crippen LogP contribution in [0.4, 0.5) is 14.5 Å². The molecule has 27 heavy (non-hydrogen) atoms. The summed E-state index contributed by atoms with van der Waals surface area (Å²) < 4.78 is 34.7. The molecule has 3 rings (SSSR count). The number of aromatic amines is 1. The van der Waals surface area contributed by atoms with Gasteiger partial charge in [-0.2, -0.15) is 8.78 Å². The van der Waals surface area contributed by atoms with Gasteiger partial charge in [0.1, 0.15) is 17.1 Å². The second-order valence-corrected chi connectivity index (χ2v) is 5.34. The quantitative estimate of drug-likeness (QED) is 0.684. The van der Waals surface area contributed by atoms with Crippen LogP contribution >= 0.6 is 0 Å². The zero-order valence-corrected chi connectivity index (χ0v) is 13.6. The highest BCUT2D eigenvalue weighted by molar-refractivity contribution is 6.03. The lowest BCUT2D eigenvalue weighted by molar-refractivity contribution is -0.0497. The topological polar surface area (TPSA) is 106 Å². The number of aromatic nitrogens is 2. The van der Waals surface area contributed by atoms with Gasteiger partial charge in [-0.25, -0.2) is 4.79 Å². The molecule has 0 aliphatic heterocycles. The predicted molar refractivity (Wildman–Crippen MR) is 90.2 cm³/mol. The molecule has 140 valence electrons. The summed E-state index contributed by atoms with van der Waals surface area (Å²) in [5, 5.41) is 2.40. The van der Waals surface area contributed by atoms with Crippen LogP contribution < -0.4 is 21.3 Å². The average Bonchev–Trinajstić information content (AvgIpc) is 3.11. The molecular weight excluding hydrogens is 364 g/mol. The number of carbonyl (C=O) groups is 1. The molecule has 2 N–H and O–H groups in total. The number of benzene rings is 1. The summed E-state index contributed by atoms with van der Waals surface area (Å²) in [5.41, 5.74) is -1.73. The van der Waals surface area contributed by atoms with Crippen molar-refractivity contribution in [3.63, 3.8) is 0 Å². The number of amides is 1. The van der Waals surface area contributed by atoms with Gasteiger partial charge in [-0.05, 0) is 24.3 Å². The van der Waals surface area contributed by atoms with Crippen LogP contribution in [0.2, 0.25) is 0 Å². The zero-order valence-electron chi connectivity index (χ0n) is 13.6. The van der Waals surface area contributed by atoms with E-state index in [1.165, 1.54) is 30.5 Å². The van der Waals surface area contributed by atoms with Crippen molar-refractivity contribution in [2.75, 3.05) is 5.32 Å². The van der Waals surface area contributed by atoms with Gasteiger partial charge in [-0.1, -0.05) is 6.07 Å². The molecule has 1 amide bonds. The minimum Gasteiger partial charge on any atom is -0.467 e. The van der Waals surface area contributed by atoms with E-state index in [1.54, 1.807) is 12.1 Å². The van der Waals surface area contributed by atoms with Crippen LogP contribution in [-0.2, 0) is 6.54 Å². The minimum atomic E-state index is -3.01. The standard InChI is InChI=1S/C17H13F2N3O5/c18-16(19)27-11-4-1-3-10(7-11)21-14(23)13-8-20-17(25)22(15(13)24)9-12-5-2-6-26-12/h1-8,16H,9H2,(H,20,25)(H,21,23). The Morgan fingerprint density at radius 1 is 1.26 bits per heavy atom. The number of furan rings is 1. The molecule has 0 unspecified atom stereocenters. The van der Waals surface area contributed by atoms with Gasteiger partial charge in [0.05, 0.1) is 12.8 Å². The summed E-state index contributed by atoms with van der Waals surface area (Å²) in [6.45, 7) is -3.16. The van der Waals surface area contributed by atoms with E-state index in [1.807, 2.05) is 0 Å². The fourth-order valence-electron chi connectivity index (χ4n) is 2.32. The van der Waals surface area contributed by atoms with Crippen LogP contribution in [-0.4, -0.2) is 22.1 Å². The van der Waals surface area contributed by atoms with Gasteiger partial charge in [-0.3, -0.25) is 14.2 Å². The Balaban J connectivity index is 1.85. The molecule has 0 fully saturated rings. The van der Waals surface area contributed by atoms with Crippen LogP contribution in [0.5, 0.6) is 5.75 Å². The van der Waals surface area contributed by atoms with Crippen LogP contribution in [0.25, 0.3) is 0 Å². The van der Waals surface area contributed by atoms with Crippen molar-refractivity contribution in [1.82, 2.24) is 9.55 Å². The highest BCUT2D eigenvalue weighted by Gasteiger charge is 2.16. The third-order valence-corrected chi connectivity index (χ3v) is 3.52. The number of nitrogens with one attached hydrogen (secondary N) is 2. The van der Waals surface area contributed by atoms with Gasteiger partial charge in [0, 0.05) is 18.0 Å². The minimum absolute atomic E-state index is 0.140. The third-order valence-electron chi connectivity index (χ3n) is 3.52. The summed E-state index contributed by atoms with van der Waals surface area (Å²) in [7, 11) is 0. The Hall–Kier alpha value is -3.69. The maximum Gasteiger partial charge on any atom is 0.387 e. The lowest BCUT2D eigenvalue weighted by Gasteiger charge is -2.09. The third kappa shape index (κ3) is 4.29. The molecule has 2 aromatic heterocycles. The molecule has 10 heteroatoms. The zero-order chi connectivity index (χ0) is 19.4. The summed E-state index contributed by atoms with van der Waals surface area (Å²) in [5.74, 6) is -0.616. The Morgan fingerprint density at radius 3 is 2.78 bits per heavy atom. The highest BCUT2D eigenvalue weighted by atomic mass is 19.3. The second kappa shape index (κ2) is 7.68. The number of ether oxygens (including phenoxy) is 1. The molecule has 8 nitrogen and oxygen atoms in total. The molecule has 0 radical (unpaired) electrons. The van der Waals surface area contributed by atoms with Gasteiger partial charge in [0.25, 0.3) is 11.5 Å². The average molecular weight is 377 g/mol. The molecule has 2 heterocycles. The van der Waals surface area contributed by atoms with E-state index in [-0.39, 0.29) is 23.5 Å². The number of nitrogens with zero attached hydrogens (tertiary/aromatic N) is 1. The van der Waals surface area contributed by atoms with Crippen molar-refractivity contribution in [1.29, 1.82) is 0 Å².